The third-order valence-corrected chi connectivity index (χ3v) is 8.77. The Balaban J connectivity index is 1.64. The van der Waals surface area contributed by atoms with Gasteiger partial charge in [0, 0.05) is 30.5 Å². The van der Waals surface area contributed by atoms with Gasteiger partial charge in [0.05, 0.1) is 31.7 Å². The molecule has 0 saturated heterocycles. The van der Waals surface area contributed by atoms with Crippen LogP contribution < -0.4 is 16.0 Å². The number of amides is 4. The number of rotatable bonds is 7. The van der Waals surface area contributed by atoms with E-state index in [4.69, 9.17) is 4.74 Å². The van der Waals surface area contributed by atoms with E-state index in [0.29, 0.717) is 36.0 Å². The van der Waals surface area contributed by atoms with Gasteiger partial charge in [-0.1, -0.05) is 44.2 Å². The lowest BCUT2D eigenvalue weighted by Gasteiger charge is -2.24. The highest BCUT2D eigenvalue weighted by Crippen LogP contribution is 2.27. The molecule has 0 radical (unpaired) electrons. The lowest BCUT2D eigenvalue weighted by molar-refractivity contribution is -0.137. The molecule has 4 amide bonds. The van der Waals surface area contributed by atoms with E-state index in [1.54, 1.807) is 10.8 Å². The minimum absolute atomic E-state index is 0.00888. The Morgan fingerprint density at radius 2 is 1.72 bits per heavy atom. The summed E-state index contributed by atoms with van der Waals surface area (Å²) in [6.45, 7) is 6.97. The minimum Gasteiger partial charge on any atom is -0.381 e. The van der Waals surface area contributed by atoms with Gasteiger partial charge in [0.15, 0.2) is 0 Å². The number of fused-ring (bicyclic) bond motifs is 4. The zero-order chi connectivity index (χ0) is 30.8. The van der Waals surface area contributed by atoms with Crippen LogP contribution in [0, 0.1) is 5.92 Å². The molecular weight excluding hydrogens is 589 g/mol. The van der Waals surface area contributed by atoms with Crippen LogP contribution in [0.15, 0.2) is 41.1 Å². The van der Waals surface area contributed by atoms with E-state index in [-0.39, 0.29) is 67.1 Å². The average Bonchev–Trinajstić information content (AvgIpc) is 3.68. The molecule has 1 aliphatic heterocycles. The number of nitrogens with one attached hydrogen (secondary N) is 3. The summed E-state index contributed by atoms with van der Waals surface area (Å²) in [6, 6.07) is 8.78. The van der Waals surface area contributed by atoms with Gasteiger partial charge in [0.25, 0.3) is 11.8 Å². The molecule has 0 spiro atoms. The smallest absolute Gasteiger partial charge is 0.271 e. The van der Waals surface area contributed by atoms with Crippen molar-refractivity contribution >= 4 is 46.3 Å². The Kier molecular flexibility index (Phi) is 11.8. The molecule has 43 heavy (non-hydrogen) atoms. The number of nitrogens with zero attached hydrogens (tertiary/aromatic N) is 3. The maximum atomic E-state index is 13.4. The molecule has 3 heterocycles. The Labute approximate surface area is 259 Å². The third kappa shape index (κ3) is 9.15. The first kappa shape index (κ1) is 32.2. The minimum atomic E-state index is -0.509. The number of hydrogen-bond donors (Lipinski definition) is 3. The van der Waals surface area contributed by atoms with Crippen LogP contribution in [-0.2, 0) is 20.7 Å². The maximum Gasteiger partial charge on any atom is 0.271 e. The summed E-state index contributed by atoms with van der Waals surface area (Å²) in [5.74, 6) is -1.25. The molecule has 11 nitrogen and oxygen atoms in total. The second kappa shape index (κ2) is 15.7. The highest BCUT2D eigenvalue weighted by atomic mass is 32.1. The standard InChI is InChI=1S/C30H38N6O5S2/c1-4-41-14-11-25(38)36-13-8-12-31-27(39)22-17-43-30(34-22)26(19(2)3)35-28(40)23-18-42-29(33-23)21(32-24(37)16-36)15-20-9-6-5-7-10-20/h5-7,9-10,17-19,21,26H,4,8,11-16H2,1-3H3,(H,31,39)(H,32,37)(H,35,40)/t21-,26-/m0/s1. The van der Waals surface area contributed by atoms with Gasteiger partial charge >= 0.3 is 0 Å². The summed E-state index contributed by atoms with van der Waals surface area (Å²) in [6.07, 6.45) is 1.05. The Bertz CT molecular complexity index is 1390. The van der Waals surface area contributed by atoms with E-state index in [0.717, 1.165) is 5.56 Å². The van der Waals surface area contributed by atoms with E-state index in [1.807, 2.05) is 51.1 Å². The number of thiazole rings is 2. The molecule has 3 N–H and O–H groups in total. The van der Waals surface area contributed by atoms with Crippen molar-refractivity contribution in [2.24, 2.45) is 5.92 Å². The Morgan fingerprint density at radius 1 is 1.02 bits per heavy atom. The zero-order valence-electron chi connectivity index (χ0n) is 24.6. The first-order valence-corrected chi connectivity index (χ1v) is 16.2. The van der Waals surface area contributed by atoms with Gasteiger partial charge in [-0.2, -0.15) is 0 Å². The Morgan fingerprint density at radius 3 is 2.44 bits per heavy atom. The van der Waals surface area contributed by atoms with Crippen LogP contribution in [0.1, 0.15) is 82.3 Å². The summed E-state index contributed by atoms with van der Waals surface area (Å²) in [4.78, 5) is 63.2. The van der Waals surface area contributed by atoms with Crippen molar-refractivity contribution < 1.29 is 23.9 Å². The number of carbonyl (C=O) groups excluding carboxylic acids is 4. The van der Waals surface area contributed by atoms with E-state index in [9.17, 15) is 19.2 Å². The molecule has 4 bridgehead atoms. The lowest BCUT2D eigenvalue weighted by Crippen LogP contribution is -2.43. The monoisotopic (exact) mass is 626 g/mol. The molecule has 1 aliphatic rings. The van der Waals surface area contributed by atoms with Crippen molar-refractivity contribution in [1.82, 2.24) is 30.8 Å². The molecular formula is C30H38N6O5S2. The van der Waals surface area contributed by atoms with Crippen LogP contribution in [0.3, 0.4) is 0 Å². The predicted octanol–water partition coefficient (Wildman–Crippen LogP) is 3.52. The van der Waals surface area contributed by atoms with Gasteiger partial charge < -0.3 is 25.6 Å². The quantitative estimate of drug-likeness (QED) is 0.341. The van der Waals surface area contributed by atoms with Gasteiger partial charge in [-0.05, 0) is 31.2 Å². The van der Waals surface area contributed by atoms with Crippen molar-refractivity contribution in [2.45, 2.75) is 52.1 Å². The van der Waals surface area contributed by atoms with Gasteiger partial charge in [-0.15, -0.1) is 22.7 Å². The van der Waals surface area contributed by atoms with Crippen LogP contribution in [0.25, 0.3) is 0 Å². The van der Waals surface area contributed by atoms with Crippen LogP contribution in [0.2, 0.25) is 0 Å². The van der Waals surface area contributed by atoms with Crippen molar-refractivity contribution in [3.63, 3.8) is 0 Å². The molecule has 0 aliphatic carbocycles. The second-order valence-electron chi connectivity index (χ2n) is 10.5. The number of carbonyl (C=O) groups is 4. The fourth-order valence-electron chi connectivity index (χ4n) is 4.59. The fraction of sp³-hybridized carbons (Fsp3) is 0.467. The molecule has 2 aromatic heterocycles. The summed E-state index contributed by atoms with van der Waals surface area (Å²) < 4.78 is 5.35. The SMILES string of the molecule is CCOCCC(=O)N1CCCNC(=O)c2csc(n2)[C@H](C(C)C)NC(=O)c2csc(n2)[C@H](Cc2ccccc2)NC(=O)C1. The second-order valence-corrected chi connectivity index (χ2v) is 12.3. The lowest BCUT2D eigenvalue weighted by atomic mass is 10.0. The molecule has 230 valence electrons. The topological polar surface area (TPSA) is 143 Å². The number of ether oxygens (including phenoxy) is 1. The summed E-state index contributed by atoms with van der Waals surface area (Å²) >= 11 is 2.61. The van der Waals surface area contributed by atoms with Crippen LogP contribution in [-0.4, -0.2) is 71.3 Å². The first-order valence-electron chi connectivity index (χ1n) is 14.4. The molecule has 1 aromatic carbocycles. The molecule has 2 atom stereocenters. The molecule has 4 rings (SSSR count). The molecule has 3 aromatic rings. The van der Waals surface area contributed by atoms with Crippen LogP contribution >= 0.6 is 22.7 Å². The maximum absolute atomic E-state index is 13.4. The molecule has 0 saturated carbocycles. The average molecular weight is 627 g/mol. The van der Waals surface area contributed by atoms with E-state index < -0.39 is 12.1 Å². The van der Waals surface area contributed by atoms with Gasteiger partial charge in [-0.3, -0.25) is 19.2 Å². The highest BCUT2D eigenvalue weighted by Gasteiger charge is 2.27. The predicted molar refractivity (Wildman–Crippen MR) is 165 cm³/mol. The van der Waals surface area contributed by atoms with Crippen molar-refractivity contribution in [3.05, 3.63) is 68.1 Å². The normalized spacial score (nSPS) is 18.7. The number of benzene rings is 1. The van der Waals surface area contributed by atoms with Gasteiger partial charge in [0.2, 0.25) is 11.8 Å². The van der Waals surface area contributed by atoms with Crippen LogP contribution in [0.4, 0.5) is 0 Å². The number of hydrogen-bond acceptors (Lipinski definition) is 9. The zero-order valence-corrected chi connectivity index (χ0v) is 26.3. The van der Waals surface area contributed by atoms with Crippen molar-refractivity contribution in [1.29, 1.82) is 0 Å². The Hall–Kier alpha value is -3.68. The number of aromatic nitrogens is 2. The van der Waals surface area contributed by atoms with Crippen molar-refractivity contribution in [2.75, 3.05) is 32.8 Å². The molecule has 13 heteroatoms. The molecule has 0 fully saturated rings. The first-order chi connectivity index (χ1) is 20.7. The van der Waals surface area contributed by atoms with E-state index >= 15 is 0 Å². The largest absolute Gasteiger partial charge is 0.381 e. The molecule has 0 unspecified atom stereocenters. The fourth-order valence-corrected chi connectivity index (χ4v) is 6.47. The van der Waals surface area contributed by atoms with Crippen LogP contribution in [0.5, 0.6) is 0 Å². The third-order valence-electron chi connectivity index (χ3n) is 6.89. The highest BCUT2D eigenvalue weighted by molar-refractivity contribution is 7.10. The summed E-state index contributed by atoms with van der Waals surface area (Å²) in [7, 11) is 0. The summed E-state index contributed by atoms with van der Waals surface area (Å²) in [5, 5.41) is 13.5. The van der Waals surface area contributed by atoms with E-state index in [2.05, 4.69) is 25.9 Å². The van der Waals surface area contributed by atoms with Crippen molar-refractivity contribution in [3.8, 4) is 0 Å². The summed E-state index contributed by atoms with van der Waals surface area (Å²) in [5.41, 5.74) is 1.49. The van der Waals surface area contributed by atoms with Gasteiger partial charge in [0.1, 0.15) is 21.4 Å². The van der Waals surface area contributed by atoms with E-state index in [1.165, 1.54) is 27.6 Å². The van der Waals surface area contributed by atoms with Gasteiger partial charge in [-0.25, -0.2) is 9.97 Å².